The van der Waals surface area contributed by atoms with Crippen LogP contribution in [0.25, 0.3) is 0 Å². The number of aliphatic hydroxyl groups is 2. The summed E-state index contributed by atoms with van der Waals surface area (Å²) in [6.07, 6.45) is 3.34. The zero-order valence-corrected chi connectivity index (χ0v) is 9.50. The normalized spacial score (nSPS) is 56.3. The third-order valence-electron chi connectivity index (χ3n) is 4.09. The van der Waals surface area contributed by atoms with Crippen molar-refractivity contribution in [2.45, 2.75) is 49.6 Å². The fourth-order valence-corrected chi connectivity index (χ4v) is 4.14. The van der Waals surface area contributed by atoms with Crippen LogP contribution in [0, 0.1) is 11.3 Å². The van der Waals surface area contributed by atoms with Crippen LogP contribution in [-0.2, 0) is 0 Å². The lowest BCUT2D eigenvalue weighted by Gasteiger charge is -2.43. The van der Waals surface area contributed by atoms with Crippen molar-refractivity contribution in [3.8, 4) is 0 Å². The summed E-state index contributed by atoms with van der Waals surface area (Å²) in [6, 6.07) is 0. The fourth-order valence-electron chi connectivity index (χ4n) is 3.01. The molecule has 2 saturated carbocycles. The van der Waals surface area contributed by atoms with E-state index in [1.54, 1.807) is 0 Å². The van der Waals surface area contributed by atoms with Gasteiger partial charge in [0.15, 0.2) is 0 Å². The van der Waals surface area contributed by atoms with Gasteiger partial charge in [0, 0.05) is 4.83 Å². The Morgan fingerprint density at radius 1 is 1.23 bits per heavy atom. The Labute approximate surface area is 87.5 Å². The molecule has 0 aromatic carbocycles. The van der Waals surface area contributed by atoms with Crippen molar-refractivity contribution in [1.29, 1.82) is 0 Å². The van der Waals surface area contributed by atoms with E-state index in [0.717, 1.165) is 25.7 Å². The molecule has 3 heteroatoms. The van der Waals surface area contributed by atoms with Crippen LogP contribution in [-0.4, -0.2) is 27.2 Å². The van der Waals surface area contributed by atoms with Crippen LogP contribution in [0.15, 0.2) is 0 Å². The van der Waals surface area contributed by atoms with Gasteiger partial charge >= 0.3 is 0 Å². The van der Waals surface area contributed by atoms with E-state index in [1.165, 1.54) is 0 Å². The first-order chi connectivity index (χ1) is 6.05. The largest absolute Gasteiger partial charge is 0.393 e. The van der Waals surface area contributed by atoms with Gasteiger partial charge in [-0.2, -0.15) is 0 Å². The molecule has 0 aliphatic heterocycles. The first-order valence-corrected chi connectivity index (χ1v) is 5.97. The molecule has 0 amide bonds. The van der Waals surface area contributed by atoms with Crippen LogP contribution in [0.5, 0.6) is 0 Å². The molecule has 2 fully saturated rings. The maximum atomic E-state index is 9.89. The lowest BCUT2D eigenvalue weighted by molar-refractivity contribution is -0.0194. The van der Waals surface area contributed by atoms with Crippen molar-refractivity contribution in [2.75, 3.05) is 0 Å². The van der Waals surface area contributed by atoms with Gasteiger partial charge in [-0.25, -0.2) is 0 Å². The molecule has 13 heavy (non-hydrogen) atoms. The van der Waals surface area contributed by atoms with Crippen LogP contribution in [0.2, 0.25) is 0 Å². The summed E-state index contributed by atoms with van der Waals surface area (Å²) in [5.41, 5.74) is 0.0490. The lowest BCUT2D eigenvalue weighted by atomic mass is 9.68. The van der Waals surface area contributed by atoms with E-state index in [0.29, 0.717) is 5.92 Å². The van der Waals surface area contributed by atoms with Gasteiger partial charge in [-0.15, -0.1) is 0 Å². The van der Waals surface area contributed by atoms with Crippen molar-refractivity contribution < 1.29 is 10.2 Å². The first kappa shape index (κ1) is 9.94. The summed E-state index contributed by atoms with van der Waals surface area (Å²) in [7, 11) is 0. The van der Waals surface area contributed by atoms with Crippen LogP contribution in [0.3, 0.4) is 0 Å². The number of hydrogen-bond acceptors (Lipinski definition) is 2. The van der Waals surface area contributed by atoms with Gasteiger partial charge in [0.25, 0.3) is 0 Å². The summed E-state index contributed by atoms with van der Waals surface area (Å²) >= 11 is 3.56. The fraction of sp³-hybridized carbons (Fsp3) is 1.00. The minimum Gasteiger partial charge on any atom is -0.393 e. The highest BCUT2D eigenvalue weighted by Crippen LogP contribution is 2.53. The first-order valence-electron chi connectivity index (χ1n) is 5.06. The molecule has 0 radical (unpaired) electrons. The minimum atomic E-state index is -0.219. The number of alkyl halides is 1. The van der Waals surface area contributed by atoms with Gasteiger partial charge in [0.2, 0.25) is 0 Å². The topological polar surface area (TPSA) is 40.5 Å². The van der Waals surface area contributed by atoms with E-state index in [-0.39, 0.29) is 22.5 Å². The summed E-state index contributed by atoms with van der Waals surface area (Å²) < 4.78 is 0. The molecule has 2 N–H and O–H groups in total. The van der Waals surface area contributed by atoms with Crippen molar-refractivity contribution in [3.05, 3.63) is 0 Å². The second kappa shape index (κ2) is 3.21. The van der Waals surface area contributed by atoms with E-state index in [9.17, 15) is 10.2 Å². The smallest absolute Gasteiger partial charge is 0.0668 e. The average Bonchev–Trinajstić information content (AvgIpc) is 2.39. The average molecular weight is 249 g/mol. The van der Waals surface area contributed by atoms with E-state index < -0.39 is 0 Å². The second-order valence-corrected chi connectivity index (χ2v) is 5.81. The number of aliphatic hydroxyl groups excluding tert-OH is 2. The highest BCUT2D eigenvalue weighted by Gasteiger charge is 2.52. The summed E-state index contributed by atoms with van der Waals surface area (Å²) in [5.74, 6) is 0.450. The molecule has 0 aromatic rings. The minimum absolute atomic E-state index is 0.0490. The van der Waals surface area contributed by atoms with E-state index >= 15 is 0 Å². The molecule has 0 unspecified atom stereocenters. The van der Waals surface area contributed by atoms with Crippen molar-refractivity contribution in [3.63, 3.8) is 0 Å². The van der Waals surface area contributed by atoms with Crippen molar-refractivity contribution in [1.82, 2.24) is 0 Å². The summed E-state index contributed by atoms with van der Waals surface area (Å²) in [6.45, 7) is 2.16. The number of fused-ring (bicyclic) bond motifs is 1. The number of rotatable bonds is 0. The van der Waals surface area contributed by atoms with Gasteiger partial charge in [-0.1, -0.05) is 22.9 Å². The highest BCUT2D eigenvalue weighted by molar-refractivity contribution is 9.09. The van der Waals surface area contributed by atoms with Gasteiger partial charge < -0.3 is 10.2 Å². The zero-order valence-electron chi connectivity index (χ0n) is 7.91. The Kier molecular flexibility index (Phi) is 2.45. The van der Waals surface area contributed by atoms with E-state index in [1.807, 2.05) is 0 Å². The third kappa shape index (κ3) is 1.36. The number of halogens is 1. The molecule has 0 bridgehead atoms. The molecular weight excluding hydrogens is 232 g/mol. The quantitative estimate of drug-likeness (QED) is 0.641. The van der Waals surface area contributed by atoms with Crippen LogP contribution < -0.4 is 0 Å². The highest BCUT2D eigenvalue weighted by atomic mass is 79.9. The molecule has 0 spiro atoms. The third-order valence-corrected chi connectivity index (χ3v) is 5.34. The Balaban J connectivity index is 2.21. The van der Waals surface area contributed by atoms with Crippen molar-refractivity contribution >= 4 is 15.9 Å². The Hall–Kier alpha value is 0.400. The van der Waals surface area contributed by atoms with Gasteiger partial charge in [0.1, 0.15) is 0 Å². The molecule has 2 aliphatic rings. The van der Waals surface area contributed by atoms with Gasteiger partial charge in [-0.3, -0.25) is 0 Å². The standard InChI is InChI=1S/C10H17BrO2/c1-10-5-4-7(12)9(11)6(10)2-3-8(10)13/h6-9,12-13H,2-5H2,1H3/t6-,7-,8-,9-,10-/m0/s1. The molecule has 0 saturated heterocycles. The predicted octanol–water partition coefficient (Wildman–Crippen LogP) is 1.68. The zero-order chi connectivity index (χ0) is 9.64. The Bertz CT molecular complexity index is 209. The van der Waals surface area contributed by atoms with E-state index in [4.69, 9.17) is 0 Å². The maximum Gasteiger partial charge on any atom is 0.0668 e. The number of hydrogen-bond donors (Lipinski definition) is 2. The summed E-state index contributed by atoms with van der Waals surface area (Å²) in [5, 5.41) is 19.6. The molecule has 2 aliphatic carbocycles. The molecule has 2 rings (SSSR count). The van der Waals surface area contributed by atoms with Gasteiger partial charge in [-0.05, 0) is 37.0 Å². The van der Waals surface area contributed by atoms with E-state index in [2.05, 4.69) is 22.9 Å². The predicted molar refractivity (Wildman–Crippen MR) is 54.8 cm³/mol. The van der Waals surface area contributed by atoms with Crippen LogP contribution in [0.4, 0.5) is 0 Å². The monoisotopic (exact) mass is 248 g/mol. The van der Waals surface area contributed by atoms with Gasteiger partial charge in [0.05, 0.1) is 12.2 Å². The molecule has 2 nitrogen and oxygen atoms in total. The van der Waals surface area contributed by atoms with Crippen molar-refractivity contribution in [2.24, 2.45) is 11.3 Å². The second-order valence-electron chi connectivity index (χ2n) is 4.76. The molecule has 76 valence electrons. The lowest BCUT2D eigenvalue weighted by Crippen LogP contribution is -2.45. The molecular formula is C10H17BrO2. The van der Waals surface area contributed by atoms with Crippen LogP contribution in [0.1, 0.15) is 32.6 Å². The Morgan fingerprint density at radius 2 is 1.92 bits per heavy atom. The molecule has 5 atom stereocenters. The Morgan fingerprint density at radius 3 is 2.62 bits per heavy atom. The SMILES string of the molecule is C[C@]12CC[C@H](O)[C@@H](Br)[C@@H]1CC[C@@H]2O. The van der Waals surface area contributed by atoms with Crippen LogP contribution >= 0.6 is 15.9 Å². The molecule has 0 aromatic heterocycles. The molecule has 0 heterocycles. The summed E-state index contributed by atoms with van der Waals surface area (Å²) in [4.78, 5) is 0.184. The maximum absolute atomic E-state index is 9.89.